The van der Waals surface area contributed by atoms with Gasteiger partial charge in [-0.15, -0.1) is 0 Å². The van der Waals surface area contributed by atoms with E-state index in [1.54, 1.807) is 4.90 Å². The molecule has 1 saturated carbocycles. The topological polar surface area (TPSA) is 90.8 Å². The molecule has 0 spiro atoms. The zero-order valence-corrected chi connectivity index (χ0v) is 18.6. The Bertz CT molecular complexity index is 1100. The van der Waals surface area contributed by atoms with Crippen LogP contribution in [-0.2, 0) is 22.6 Å². The highest BCUT2D eigenvalue weighted by Gasteiger charge is 2.37. The third-order valence-corrected chi connectivity index (χ3v) is 7.06. The van der Waals surface area contributed by atoms with Gasteiger partial charge in [0.1, 0.15) is 0 Å². The first kappa shape index (κ1) is 20.3. The van der Waals surface area contributed by atoms with Crippen molar-refractivity contribution in [2.24, 2.45) is 11.3 Å². The van der Waals surface area contributed by atoms with E-state index in [4.69, 9.17) is 4.98 Å². The van der Waals surface area contributed by atoms with Gasteiger partial charge in [-0.1, -0.05) is 27.2 Å². The lowest BCUT2D eigenvalue weighted by molar-refractivity contribution is -0.140. The Morgan fingerprint density at radius 2 is 1.90 bits per heavy atom. The maximum atomic E-state index is 13.2. The highest BCUT2D eigenvalue weighted by molar-refractivity contribution is 5.82. The zero-order chi connectivity index (χ0) is 21.9. The predicted octanol–water partition coefficient (Wildman–Crippen LogP) is 2.42. The Hall–Kier alpha value is -2.64. The first-order valence-corrected chi connectivity index (χ1v) is 11.5. The lowest BCUT2D eigenvalue weighted by Gasteiger charge is -2.32. The largest absolute Gasteiger partial charge is 0.336 e. The van der Waals surface area contributed by atoms with Gasteiger partial charge in [0, 0.05) is 36.1 Å². The molecule has 1 saturated heterocycles. The number of nitrogens with zero attached hydrogens (tertiary/aromatic N) is 4. The minimum atomic E-state index is -0.461. The summed E-state index contributed by atoms with van der Waals surface area (Å²) in [6, 6.07) is 1.88. The van der Waals surface area contributed by atoms with Crippen LogP contribution in [0.15, 0.2) is 10.9 Å². The second kappa shape index (κ2) is 7.21. The van der Waals surface area contributed by atoms with Crippen molar-refractivity contribution in [2.45, 2.75) is 71.9 Å². The van der Waals surface area contributed by atoms with Crippen molar-refractivity contribution in [1.29, 1.82) is 0 Å². The van der Waals surface area contributed by atoms with Crippen LogP contribution < -0.4 is 5.56 Å². The van der Waals surface area contributed by atoms with Crippen molar-refractivity contribution >= 4 is 17.5 Å². The first-order chi connectivity index (χ1) is 14.7. The Labute approximate surface area is 181 Å². The molecule has 3 aliphatic rings. The number of carbonyl (C=O) groups is 2. The van der Waals surface area contributed by atoms with Gasteiger partial charge in [-0.3, -0.25) is 19.5 Å². The van der Waals surface area contributed by atoms with Crippen LogP contribution in [0.4, 0.5) is 0 Å². The molecule has 2 aliphatic heterocycles. The Kier molecular flexibility index (Phi) is 4.71. The van der Waals surface area contributed by atoms with Gasteiger partial charge < -0.3 is 9.80 Å². The summed E-state index contributed by atoms with van der Waals surface area (Å²) in [7, 11) is 0. The minimum absolute atomic E-state index is 0.0230. The third kappa shape index (κ3) is 3.36. The number of likely N-dealkylation sites (tertiary alicyclic amines) is 1. The number of nitrogens with one attached hydrogen (secondary N) is 1. The minimum Gasteiger partial charge on any atom is -0.336 e. The molecular formula is C23H31N5O3. The molecule has 0 bridgehead atoms. The molecular weight excluding hydrogens is 394 g/mol. The van der Waals surface area contributed by atoms with Crippen molar-refractivity contribution < 1.29 is 9.59 Å². The molecule has 8 heteroatoms. The second-order valence-corrected chi connectivity index (χ2v) is 10.3. The quantitative estimate of drug-likeness (QED) is 0.800. The summed E-state index contributed by atoms with van der Waals surface area (Å²) >= 11 is 0. The van der Waals surface area contributed by atoms with Crippen LogP contribution in [0.5, 0.6) is 0 Å². The van der Waals surface area contributed by atoms with Crippen LogP contribution in [0.2, 0.25) is 0 Å². The smallest absolute Gasteiger partial charge is 0.276 e. The summed E-state index contributed by atoms with van der Waals surface area (Å²) in [5.41, 5.74) is 2.25. The average Bonchev–Trinajstić information content (AvgIpc) is 3.31. The van der Waals surface area contributed by atoms with E-state index in [1.807, 2.05) is 31.7 Å². The number of H-pyrrole nitrogens is 1. The molecule has 2 aromatic heterocycles. The number of carbonyl (C=O) groups excluding carboxylic acids is 2. The third-order valence-electron chi connectivity index (χ3n) is 7.06. The number of fused-ring (bicyclic) bond motifs is 2. The number of hydrogen-bond donors (Lipinski definition) is 1. The van der Waals surface area contributed by atoms with Crippen molar-refractivity contribution in [3.05, 3.63) is 33.4 Å². The molecule has 0 aromatic carbocycles. The normalized spacial score (nSPS) is 22.0. The molecule has 0 radical (unpaired) electrons. The second-order valence-electron chi connectivity index (χ2n) is 10.3. The first-order valence-electron chi connectivity index (χ1n) is 11.5. The van der Waals surface area contributed by atoms with Gasteiger partial charge in [0.2, 0.25) is 11.8 Å². The molecule has 8 nitrogen and oxygen atoms in total. The van der Waals surface area contributed by atoms with Crippen LogP contribution in [0.1, 0.15) is 75.9 Å². The van der Waals surface area contributed by atoms with Crippen molar-refractivity contribution in [3.8, 4) is 0 Å². The molecule has 2 fully saturated rings. The van der Waals surface area contributed by atoms with Crippen molar-refractivity contribution in [2.75, 3.05) is 13.1 Å². The van der Waals surface area contributed by atoms with E-state index in [1.165, 1.54) is 4.52 Å². The molecule has 5 rings (SSSR count). The van der Waals surface area contributed by atoms with Crippen molar-refractivity contribution in [3.63, 3.8) is 0 Å². The van der Waals surface area contributed by atoms with Crippen LogP contribution >= 0.6 is 0 Å². The standard InChI is InChI=1S/C23H31N5O3/c1-23(2,3)22(31)26-11-9-15-17(13-26)24-19-12-16(25-28(19)21(15)30)18-8-5-10-27(18)20(29)14-6-4-7-14/h12,14,18,25H,4-11,13H2,1-3H3/t18-/m1/s1. The van der Waals surface area contributed by atoms with Gasteiger partial charge in [0.15, 0.2) is 5.65 Å². The van der Waals surface area contributed by atoms with Crippen LogP contribution in [0.3, 0.4) is 0 Å². The number of aromatic nitrogens is 3. The summed E-state index contributed by atoms with van der Waals surface area (Å²) in [5, 5.41) is 3.24. The number of amides is 2. The molecule has 1 N–H and O–H groups in total. The van der Waals surface area contributed by atoms with Gasteiger partial charge in [0.25, 0.3) is 5.56 Å². The summed E-state index contributed by atoms with van der Waals surface area (Å²) in [4.78, 5) is 47.3. The monoisotopic (exact) mass is 425 g/mol. The van der Waals surface area contributed by atoms with Gasteiger partial charge in [-0.05, 0) is 32.1 Å². The Balaban J connectivity index is 1.46. The SMILES string of the molecule is CC(C)(C)C(=O)N1CCc2c(nc3cc([C@H]4CCCN4C(=O)C4CCC4)[nH]n3c2=O)C1. The lowest BCUT2D eigenvalue weighted by atomic mass is 9.84. The molecule has 0 unspecified atom stereocenters. The van der Waals surface area contributed by atoms with E-state index in [9.17, 15) is 14.4 Å². The maximum absolute atomic E-state index is 13.2. The molecule has 1 atom stereocenters. The van der Waals surface area contributed by atoms with Gasteiger partial charge >= 0.3 is 0 Å². The fourth-order valence-corrected chi connectivity index (χ4v) is 5.07. The molecule has 31 heavy (non-hydrogen) atoms. The van der Waals surface area contributed by atoms with Crippen LogP contribution in [0, 0.1) is 11.3 Å². The zero-order valence-electron chi connectivity index (χ0n) is 18.6. The summed E-state index contributed by atoms with van der Waals surface area (Å²) in [6.45, 7) is 7.41. The number of hydrogen-bond acceptors (Lipinski definition) is 4. The van der Waals surface area contributed by atoms with Crippen LogP contribution in [0.25, 0.3) is 5.65 Å². The average molecular weight is 426 g/mol. The van der Waals surface area contributed by atoms with E-state index >= 15 is 0 Å². The van der Waals surface area contributed by atoms with Gasteiger partial charge in [-0.25, -0.2) is 9.50 Å². The highest BCUT2D eigenvalue weighted by Crippen LogP contribution is 2.37. The molecule has 4 heterocycles. The molecule has 1 aliphatic carbocycles. The Morgan fingerprint density at radius 1 is 1.13 bits per heavy atom. The lowest BCUT2D eigenvalue weighted by Crippen LogP contribution is -2.44. The van der Waals surface area contributed by atoms with Gasteiger partial charge in [-0.2, -0.15) is 0 Å². The number of aromatic amines is 1. The van der Waals surface area contributed by atoms with Gasteiger partial charge in [0.05, 0.1) is 24.0 Å². The Morgan fingerprint density at radius 3 is 2.58 bits per heavy atom. The molecule has 2 amide bonds. The summed E-state index contributed by atoms with van der Waals surface area (Å²) < 4.78 is 1.51. The molecule has 166 valence electrons. The maximum Gasteiger partial charge on any atom is 0.276 e. The highest BCUT2D eigenvalue weighted by atomic mass is 16.2. The fourth-order valence-electron chi connectivity index (χ4n) is 5.07. The summed E-state index contributed by atoms with van der Waals surface area (Å²) in [6.07, 6.45) is 5.50. The molecule has 2 aromatic rings. The fraction of sp³-hybridized carbons (Fsp3) is 0.652. The van der Waals surface area contributed by atoms with Crippen LogP contribution in [-0.4, -0.2) is 49.3 Å². The van der Waals surface area contributed by atoms with E-state index < -0.39 is 5.41 Å². The van der Waals surface area contributed by atoms with E-state index in [0.717, 1.165) is 44.3 Å². The van der Waals surface area contributed by atoms with E-state index in [0.29, 0.717) is 36.4 Å². The van der Waals surface area contributed by atoms with Crippen molar-refractivity contribution in [1.82, 2.24) is 24.4 Å². The predicted molar refractivity (Wildman–Crippen MR) is 115 cm³/mol. The summed E-state index contributed by atoms with van der Waals surface area (Å²) in [5.74, 6) is 0.499. The van der Waals surface area contributed by atoms with E-state index in [2.05, 4.69) is 5.10 Å². The number of rotatable bonds is 2. The van der Waals surface area contributed by atoms with E-state index in [-0.39, 0.29) is 29.3 Å².